The number of hydrogen-bond acceptors (Lipinski definition) is 7. The van der Waals surface area contributed by atoms with Crippen molar-refractivity contribution in [3.63, 3.8) is 0 Å². The fourth-order valence-corrected chi connectivity index (χ4v) is 6.69. The summed E-state index contributed by atoms with van der Waals surface area (Å²) >= 11 is 2.96. The molecule has 0 bridgehead atoms. The molecule has 0 unspecified atom stereocenters. The maximum atomic E-state index is 13.4. The average molecular weight is 482 g/mol. The van der Waals surface area contributed by atoms with E-state index in [1.165, 1.54) is 26.8 Å². The molecule has 1 amide bonds. The Balaban J connectivity index is 1.58. The number of rotatable bonds is 6. The van der Waals surface area contributed by atoms with Crippen LogP contribution in [0.3, 0.4) is 0 Å². The van der Waals surface area contributed by atoms with Gasteiger partial charge in [-0.2, -0.15) is 0 Å². The third-order valence-corrected chi connectivity index (χ3v) is 8.10. The number of carbonyl (C=O) groups is 1. The van der Waals surface area contributed by atoms with Gasteiger partial charge in [-0.25, -0.2) is 9.97 Å². The SMILES string of the molecule is CCn1c(SCc2nc3ccccc3c(=O)n2CC(N)=O)nc2sc3c(c2c1=O)CCCC3. The second-order valence-corrected chi connectivity index (χ2v) is 10.1. The number of benzene rings is 1. The standard InChI is InChI=1S/C23H23N5O3S2/c1-2-27-22(31)19-14-8-4-6-10-16(14)33-20(19)26-23(27)32-12-18-25-15-9-5-3-7-13(15)21(30)28(18)11-17(24)29/h3,5,7,9H,2,4,6,8,10-12H2,1H3,(H2,24,29). The van der Waals surface area contributed by atoms with Crippen molar-refractivity contribution in [1.82, 2.24) is 19.1 Å². The molecule has 10 heteroatoms. The van der Waals surface area contributed by atoms with Gasteiger partial charge in [0.05, 0.1) is 22.0 Å². The Morgan fingerprint density at radius 3 is 2.70 bits per heavy atom. The van der Waals surface area contributed by atoms with Crippen LogP contribution in [-0.4, -0.2) is 25.0 Å². The molecule has 8 nitrogen and oxygen atoms in total. The van der Waals surface area contributed by atoms with Gasteiger partial charge in [-0.1, -0.05) is 23.9 Å². The molecular formula is C23H23N5O3S2. The van der Waals surface area contributed by atoms with Gasteiger partial charge >= 0.3 is 0 Å². The number of aromatic nitrogens is 4. The summed E-state index contributed by atoms with van der Waals surface area (Å²) in [7, 11) is 0. The number of carbonyl (C=O) groups excluding carboxylic acids is 1. The molecule has 33 heavy (non-hydrogen) atoms. The smallest absolute Gasteiger partial charge is 0.263 e. The Bertz CT molecular complexity index is 1520. The Hall–Kier alpha value is -2.98. The number of thioether (sulfide) groups is 1. The molecule has 1 aliphatic carbocycles. The number of fused-ring (bicyclic) bond motifs is 4. The van der Waals surface area contributed by atoms with E-state index in [1.807, 2.05) is 13.0 Å². The predicted octanol–water partition coefficient (Wildman–Crippen LogP) is 2.84. The van der Waals surface area contributed by atoms with Crippen LogP contribution in [0.2, 0.25) is 0 Å². The van der Waals surface area contributed by atoms with E-state index >= 15 is 0 Å². The molecule has 3 heterocycles. The number of hydrogen-bond donors (Lipinski definition) is 1. The number of amides is 1. The summed E-state index contributed by atoms with van der Waals surface area (Å²) in [6.07, 6.45) is 4.19. The van der Waals surface area contributed by atoms with Crippen LogP contribution in [-0.2, 0) is 36.5 Å². The van der Waals surface area contributed by atoms with Crippen LogP contribution >= 0.6 is 23.1 Å². The summed E-state index contributed by atoms with van der Waals surface area (Å²) in [6, 6.07) is 7.02. The zero-order valence-electron chi connectivity index (χ0n) is 18.2. The Labute approximate surface area is 197 Å². The summed E-state index contributed by atoms with van der Waals surface area (Å²) in [5.74, 6) is 0.0794. The molecule has 1 aliphatic rings. The Morgan fingerprint density at radius 1 is 1.12 bits per heavy atom. The molecule has 2 N–H and O–H groups in total. The van der Waals surface area contributed by atoms with E-state index in [2.05, 4.69) is 4.98 Å². The van der Waals surface area contributed by atoms with Crippen LogP contribution in [0.4, 0.5) is 0 Å². The van der Waals surface area contributed by atoms with Crippen molar-refractivity contribution < 1.29 is 4.79 Å². The first-order valence-corrected chi connectivity index (χ1v) is 12.7. The molecule has 170 valence electrons. The lowest BCUT2D eigenvalue weighted by Gasteiger charge is -2.14. The van der Waals surface area contributed by atoms with Crippen molar-refractivity contribution >= 4 is 50.1 Å². The van der Waals surface area contributed by atoms with Gasteiger partial charge in [-0.3, -0.25) is 23.5 Å². The molecule has 1 aromatic carbocycles. The van der Waals surface area contributed by atoms with E-state index in [0.717, 1.165) is 35.9 Å². The summed E-state index contributed by atoms with van der Waals surface area (Å²) in [4.78, 5) is 49.5. The van der Waals surface area contributed by atoms with Gasteiger partial charge in [0.15, 0.2) is 5.16 Å². The van der Waals surface area contributed by atoms with E-state index in [0.29, 0.717) is 28.4 Å². The van der Waals surface area contributed by atoms with Crippen molar-refractivity contribution in [2.75, 3.05) is 0 Å². The first-order chi connectivity index (χ1) is 16.0. The summed E-state index contributed by atoms with van der Waals surface area (Å²) in [6.45, 7) is 2.17. The largest absolute Gasteiger partial charge is 0.368 e. The fourth-order valence-electron chi connectivity index (χ4n) is 4.38. The van der Waals surface area contributed by atoms with E-state index in [-0.39, 0.29) is 23.4 Å². The number of nitrogens with two attached hydrogens (primary N) is 1. The van der Waals surface area contributed by atoms with Gasteiger partial charge in [0.2, 0.25) is 5.91 Å². The van der Waals surface area contributed by atoms with Gasteiger partial charge in [-0.15, -0.1) is 11.3 Å². The van der Waals surface area contributed by atoms with Gasteiger partial charge in [-0.05, 0) is 50.3 Å². The van der Waals surface area contributed by atoms with Gasteiger partial charge in [0, 0.05) is 11.4 Å². The first kappa shape index (κ1) is 21.8. The predicted molar refractivity (Wildman–Crippen MR) is 131 cm³/mol. The lowest BCUT2D eigenvalue weighted by molar-refractivity contribution is -0.118. The van der Waals surface area contributed by atoms with Crippen LogP contribution in [0.25, 0.3) is 21.1 Å². The second kappa shape index (κ2) is 8.75. The van der Waals surface area contributed by atoms with Gasteiger partial charge < -0.3 is 5.73 Å². The molecular weight excluding hydrogens is 458 g/mol. The van der Waals surface area contributed by atoms with Gasteiger partial charge in [0.1, 0.15) is 17.2 Å². The highest BCUT2D eigenvalue weighted by atomic mass is 32.2. The van der Waals surface area contributed by atoms with Crippen molar-refractivity contribution in [2.45, 2.75) is 56.6 Å². The molecule has 0 spiro atoms. The molecule has 0 aliphatic heterocycles. The van der Waals surface area contributed by atoms with Crippen molar-refractivity contribution in [3.05, 3.63) is 61.2 Å². The van der Waals surface area contributed by atoms with Crippen LogP contribution in [0.15, 0.2) is 39.0 Å². The lowest BCUT2D eigenvalue weighted by Crippen LogP contribution is -2.31. The van der Waals surface area contributed by atoms with Crippen molar-refractivity contribution in [1.29, 1.82) is 0 Å². The number of thiophene rings is 1. The third kappa shape index (κ3) is 3.87. The second-order valence-electron chi connectivity index (χ2n) is 8.03. The topological polar surface area (TPSA) is 113 Å². The quantitative estimate of drug-likeness (QED) is 0.335. The fraction of sp³-hybridized carbons (Fsp3) is 0.348. The first-order valence-electron chi connectivity index (χ1n) is 10.9. The van der Waals surface area contributed by atoms with Crippen LogP contribution < -0.4 is 16.9 Å². The maximum Gasteiger partial charge on any atom is 0.263 e. The third-order valence-electron chi connectivity index (χ3n) is 5.94. The highest BCUT2D eigenvalue weighted by Crippen LogP contribution is 2.35. The monoisotopic (exact) mass is 481 g/mol. The number of para-hydroxylation sites is 1. The summed E-state index contributed by atoms with van der Waals surface area (Å²) in [5.41, 5.74) is 6.81. The minimum absolute atomic E-state index is 0.00889. The summed E-state index contributed by atoms with van der Waals surface area (Å²) < 4.78 is 3.00. The highest BCUT2D eigenvalue weighted by molar-refractivity contribution is 7.98. The number of aryl methyl sites for hydroxylation is 2. The van der Waals surface area contributed by atoms with Crippen LogP contribution in [0.5, 0.6) is 0 Å². The van der Waals surface area contributed by atoms with Crippen molar-refractivity contribution in [3.8, 4) is 0 Å². The van der Waals surface area contributed by atoms with E-state index in [4.69, 9.17) is 10.7 Å². The van der Waals surface area contributed by atoms with E-state index < -0.39 is 5.91 Å². The van der Waals surface area contributed by atoms with E-state index in [9.17, 15) is 14.4 Å². The van der Waals surface area contributed by atoms with Crippen LogP contribution in [0, 0.1) is 0 Å². The Kier molecular flexibility index (Phi) is 5.79. The molecule has 0 saturated carbocycles. The molecule has 5 rings (SSSR count). The average Bonchev–Trinajstić information content (AvgIpc) is 3.18. The zero-order valence-corrected chi connectivity index (χ0v) is 19.8. The Morgan fingerprint density at radius 2 is 1.91 bits per heavy atom. The normalized spacial score (nSPS) is 13.5. The highest BCUT2D eigenvalue weighted by Gasteiger charge is 2.22. The van der Waals surface area contributed by atoms with Crippen LogP contribution in [0.1, 0.15) is 36.0 Å². The molecule has 0 fully saturated rings. The molecule has 0 saturated heterocycles. The number of nitrogens with zero attached hydrogens (tertiary/aromatic N) is 4. The zero-order chi connectivity index (χ0) is 23.1. The maximum absolute atomic E-state index is 13.4. The molecule has 0 atom stereocenters. The van der Waals surface area contributed by atoms with Gasteiger partial charge in [0.25, 0.3) is 11.1 Å². The summed E-state index contributed by atoms with van der Waals surface area (Å²) in [5, 5.41) is 1.78. The minimum Gasteiger partial charge on any atom is -0.368 e. The number of primary amides is 1. The minimum atomic E-state index is -0.616. The van der Waals surface area contributed by atoms with Crippen molar-refractivity contribution in [2.24, 2.45) is 5.73 Å². The molecule has 3 aromatic heterocycles. The van der Waals surface area contributed by atoms with E-state index in [1.54, 1.807) is 34.1 Å². The molecule has 4 aromatic rings. The lowest BCUT2D eigenvalue weighted by atomic mass is 9.97. The molecule has 0 radical (unpaired) electrons.